The summed E-state index contributed by atoms with van der Waals surface area (Å²) < 4.78 is 0. The number of aliphatic hydroxyl groups is 3. The maximum Gasteiger partial charge on any atom is 0.255 e. The van der Waals surface area contributed by atoms with Gasteiger partial charge in [0.2, 0.25) is 5.78 Å². The van der Waals surface area contributed by atoms with Crippen LogP contribution in [-0.2, 0) is 40.4 Å². The molecule has 4 atom stereocenters. The number of aliphatic hydroxyl groups excluding tert-OH is 2. The van der Waals surface area contributed by atoms with Crippen LogP contribution in [0.3, 0.4) is 0 Å². The van der Waals surface area contributed by atoms with Crippen LogP contribution in [0.1, 0.15) is 34.2 Å². The Labute approximate surface area is 230 Å². The first kappa shape index (κ1) is 26.2. The van der Waals surface area contributed by atoms with Gasteiger partial charge in [-0.1, -0.05) is 30.3 Å². The smallest absolute Gasteiger partial charge is 0.255 e. The van der Waals surface area contributed by atoms with Gasteiger partial charge in [-0.15, -0.1) is 0 Å². The average Bonchev–Trinajstić information content (AvgIpc) is 3.30. The lowest BCUT2D eigenvalue weighted by Crippen LogP contribution is -2.65. The predicted molar refractivity (Wildman–Crippen MR) is 144 cm³/mol. The number of rotatable bonds is 4. The number of phenols is 1. The number of ketones is 2. The standard InChI is InChI=1S/C30H31N3O7/c1-32(2)24-19-10-17-9-18-16(13-33-11-14-5-3-4-6-15(14)12-33)7-8-20(34)22(18)25(35)21(17)27(37)30(19,40)28(38)23(26(24)36)29(31)39/h3-8,17,19,24,34-35,38,40H,9-13H2,1-2H3,(H2,31,39)/t17-,19-,24-,30-/m0/s1. The van der Waals surface area contributed by atoms with E-state index in [1.807, 2.05) is 18.2 Å². The number of amides is 1. The number of hydrogen-bond donors (Lipinski definition) is 5. The zero-order valence-electron chi connectivity index (χ0n) is 22.2. The molecular weight excluding hydrogens is 514 g/mol. The number of nitrogens with zero attached hydrogens (tertiary/aromatic N) is 2. The van der Waals surface area contributed by atoms with Gasteiger partial charge in [0.25, 0.3) is 5.91 Å². The number of carbonyl (C=O) groups is 3. The molecule has 1 aliphatic heterocycles. The third kappa shape index (κ3) is 3.56. The van der Waals surface area contributed by atoms with Crippen LogP contribution in [0.15, 0.2) is 53.3 Å². The molecule has 0 bridgehead atoms. The van der Waals surface area contributed by atoms with E-state index in [0.29, 0.717) is 12.1 Å². The van der Waals surface area contributed by atoms with Gasteiger partial charge in [0.1, 0.15) is 22.8 Å². The molecule has 2 aromatic carbocycles. The average molecular weight is 546 g/mol. The van der Waals surface area contributed by atoms with Crippen LogP contribution in [0.5, 0.6) is 5.75 Å². The first-order chi connectivity index (χ1) is 18.9. The highest BCUT2D eigenvalue weighted by Crippen LogP contribution is 2.53. The Morgan fingerprint density at radius 1 is 1.07 bits per heavy atom. The van der Waals surface area contributed by atoms with Crippen molar-refractivity contribution in [3.8, 4) is 5.75 Å². The highest BCUT2D eigenvalue weighted by Gasteiger charge is 2.64. The van der Waals surface area contributed by atoms with Crippen LogP contribution in [0, 0.1) is 11.8 Å². The zero-order valence-corrected chi connectivity index (χ0v) is 22.2. The number of fused-ring (bicyclic) bond motifs is 4. The Morgan fingerprint density at radius 3 is 2.33 bits per heavy atom. The molecule has 10 nitrogen and oxygen atoms in total. The van der Waals surface area contributed by atoms with E-state index in [0.717, 1.165) is 18.7 Å². The molecule has 0 unspecified atom stereocenters. The Kier molecular flexibility index (Phi) is 5.92. The van der Waals surface area contributed by atoms with Gasteiger partial charge in [-0.05, 0) is 61.2 Å². The summed E-state index contributed by atoms with van der Waals surface area (Å²) in [5, 5.41) is 44.9. The van der Waals surface area contributed by atoms with Gasteiger partial charge in [0.05, 0.1) is 11.6 Å². The van der Waals surface area contributed by atoms with Crippen molar-refractivity contribution < 1.29 is 34.8 Å². The molecule has 2 aromatic rings. The lowest BCUT2D eigenvalue weighted by molar-refractivity contribution is -0.153. The minimum atomic E-state index is -2.64. The fraction of sp³-hybridized carbons (Fsp3) is 0.367. The van der Waals surface area contributed by atoms with E-state index in [1.54, 1.807) is 14.1 Å². The summed E-state index contributed by atoms with van der Waals surface area (Å²) in [6.45, 7) is 2.07. The Balaban J connectivity index is 1.44. The van der Waals surface area contributed by atoms with Crippen molar-refractivity contribution in [2.45, 2.75) is 44.1 Å². The first-order valence-electron chi connectivity index (χ1n) is 13.2. The number of benzene rings is 2. The van der Waals surface area contributed by atoms with Crippen LogP contribution in [0.25, 0.3) is 5.76 Å². The molecule has 40 heavy (non-hydrogen) atoms. The van der Waals surface area contributed by atoms with Gasteiger partial charge >= 0.3 is 0 Å². The van der Waals surface area contributed by atoms with Gasteiger partial charge in [0, 0.05) is 31.1 Å². The second kappa shape index (κ2) is 9.02. The van der Waals surface area contributed by atoms with E-state index in [2.05, 4.69) is 17.0 Å². The van der Waals surface area contributed by atoms with E-state index in [4.69, 9.17) is 5.73 Å². The second-order valence-electron chi connectivity index (χ2n) is 11.5. The van der Waals surface area contributed by atoms with Gasteiger partial charge in [-0.2, -0.15) is 0 Å². The predicted octanol–water partition coefficient (Wildman–Crippen LogP) is 1.48. The summed E-state index contributed by atoms with van der Waals surface area (Å²) in [6.07, 6.45) is 0.342. The molecule has 0 aromatic heterocycles. The summed E-state index contributed by atoms with van der Waals surface area (Å²) in [7, 11) is 3.16. The summed E-state index contributed by atoms with van der Waals surface area (Å²) in [4.78, 5) is 43.1. The molecule has 1 amide bonds. The third-order valence-electron chi connectivity index (χ3n) is 9.00. The molecule has 1 saturated carbocycles. The molecule has 0 spiro atoms. The minimum absolute atomic E-state index is 0.0655. The van der Waals surface area contributed by atoms with Crippen molar-refractivity contribution >= 4 is 23.2 Å². The Hall–Kier alpha value is -3.99. The number of hydrogen-bond acceptors (Lipinski definition) is 9. The summed E-state index contributed by atoms with van der Waals surface area (Å²) in [5.74, 6) is -6.49. The van der Waals surface area contributed by atoms with E-state index in [-0.39, 0.29) is 29.7 Å². The number of aromatic hydroxyl groups is 1. The molecule has 1 fully saturated rings. The van der Waals surface area contributed by atoms with Crippen LogP contribution >= 0.6 is 0 Å². The minimum Gasteiger partial charge on any atom is -0.508 e. The van der Waals surface area contributed by atoms with Crippen LogP contribution in [-0.4, -0.2) is 73.4 Å². The second-order valence-corrected chi connectivity index (χ2v) is 11.5. The fourth-order valence-corrected chi connectivity index (χ4v) is 7.21. The summed E-state index contributed by atoms with van der Waals surface area (Å²) in [6, 6.07) is 10.4. The molecule has 10 heteroatoms. The fourth-order valence-electron chi connectivity index (χ4n) is 7.21. The molecule has 6 rings (SSSR count). The van der Waals surface area contributed by atoms with Crippen LogP contribution < -0.4 is 5.73 Å². The van der Waals surface area contributed by atoms with Crippen molar-refractivity contribution in [1.82, 2.24) is 9.80 Å². The van der Waals surface area contributed by atoms with Crippen molar-refractivity contribution in [3.63, 3.8) is 0 Å². The summed E-state index contributed by atoms with van der Waals surface area (Å²) >= 11 is 0. The maximum absolute atomic E-state index is 14.0. The summed E-state index contributed by atoms with van der Waals surface area (Å²) in [5.41, 5.74) is 5.97. The monoisotopic (exact) mass is 545 g/mol. The lowest BCUT2D eigenvalue weighted by Gasteiger charge is -2.50. The highest BCUT2D eigenvalue weighted by molar-refractivity contribution is 6.24. The van der Waals surface area contributed by atoms with Gasteiger partial charge in [-0.25, -0.2) is 0 Å². The van der Waals surface area contributed by atoms with E-state index < -0.39 is 58.0 Å². The molecule has 0 radical (unpaired) electrons. The Bertz CT molecular complexity index is 1530. The highest BCUT2D eigenvalue weighted by atomic mass is 16.3. The van der Waals surface area contributed by atoms with Gasteiger partial charge in [0.15, 0.2) is 11.4 Å². The van der Waals surface area contributed by atoms with Crippen molar-refractivity contribution in [3.05, 3.63) is 81.1 Å². The molecule has 0 saturated heterocycles. The SMILES string of the molecule is CN(C)[C@@H]1C(=O)C(C(N)=O)=C(O)[C@@]2(O)C(=O)C3=C(O)c4c(O)ccc(CN5Cc6ccccc6C5)c4C[C@H]3C[C@@H]12. The van der Waals surface area contributed by atoms with Crippen LogP contribution in [0.4, 0.5) is 0 Å². The van der Waals surface area contributed by atoms with E-state index >= 15 is 0 Å². The lowest BCUT2D eigenvalue weighted by atomic mass is 9.57. The number of Topliss-reactive ketones (excluding diaryl/α,β-unsaturated/α-hetero) is 2. The zero-order chi connectivity index (χ0) is 28.7. The van der Waals surface area contributed by atoms with E-state index in [1.165, 1.54) is 22.1 Å². The van der Waals surface area contributed by atoms with E-state index in [9.17, 15) is 34.8 Å². The first-order valence-corrected chi connectivity index (χ1v) is 13.2. The third-order valence-corrected chi connectivity index (χ3v) is 9.00. The maximum atomic E-state index is 14.0. The number of likely N-dealkylation sites (N-methyl/N-ethyl adjacent to an activating group) is 1. The topological polar surface area (TPSA) is 165 Å². The molecule has 208 valence electrons. The van der Waals surface area contributed by atoms with Gasteiger partial charge < -0.3 is 26.2 Å². The van der Waals surface area contributed by atoms with Crippen molar-refractivity contribution in [2.75, 3.05) is 14.1 Å². The van der Waals surface area contributed by atoms with Crippen molar-refractivity contribution in [2.24, 2.45) is 17.6 Å². The molecule has 6 N–H and O–H groups in total. The number of nitrogens with two attached hydrogens (primary N) is 1. The molecular formula is C30H31N3O7. The Morgan fingerprint density at radius 2 is 1.73 bits per heavy atom. The largest absolute Gasteiger partial charge is 0.508 e. The quantitative estimate of drug-likeness (QED) is 0.358. The number of carbonyl (C=O) groups excluding carboxylic acids is 3. The van der Waals surface area contributed by atoms with Crippen molar-refractivity contribution in [1.29, 1.82) is 0 Å². The van der Waals surface area contributed by atoms with Gasteiger partial charge in [-0.3, -0.25) is 24.2 Å². The molecule has 4 aliphatic rings. The number of primary amides is 1. The normalized spacial score (nSPS) is 27.9. The van der Waals surface area contributed by atoms with Crippen LogP contribution in [0.2, 0.25) is 0 Å². The molecule has 1 heterocycles. The number of phenolic OH excluding ortho intramolecular Hbond substituents is 1. The molecule has 3 aliphatic carbocycles.